The van der Waals surface area contributed by atoms with Gasteiger partial charge in [0, 0.05) is 0 Å². The quantitative estimate of drug-likeness (QED) is 0.595. The molecule has 0 aliphatic rings. The Morgan fingerprint density at radius 3 is 2.59 bits per heavy atom. The van der Waals surface area contributed by atoms with Crippen molar-refractivity contribution in [3.05, 3.63) is 33.8 Å². The summed E-state index contributed by atoms with van der Waals surface area (Å²) in [6.07, 6.45) is 4.03. The van der Waals surface area contributed by atoms with Crippen LogP contribution in [0.25, 0.3) is 0 Å². The van der Waals surface area contributed by atoms with Gasteiger partial charge in [-0.25, -0.2) is 8.78 Å². The van der Waals surface area contributed by atoms with E-state index in [-0.39, 0.29) is 4.47 Å². The molecule has 1 atom stereocenters. The smallest absolute Gasteiger partial charge is 0.173 e. The maximum Gasteiger partial charge on any atom is 0.173 e. The summed E-state index contributed by atoms with van der Waals surface area (Å²) in [6.45, 7) is 2.11. The van der Waals surface area contributed by atoms with Gasteiger partial charge in [0.25, 0.3) is 0 Å². The van der Waals surface area contributed by atoms with E-state index >= 15 is 0 Å². The van der Waals surface area contributed by atoms with E-state index in [4.69, 9.17) is 0 Å². The average Bonchev–Trinajstić information content (AvgIpc) is 2.31. The summed E-state index contributed by atoms with van der Waals surface area (Å²) in [5.74, 6) is -1.84. The topological polar surface area (TPSA) is 20.2 Å². The molecule has 0 amide bonds. The van der Waals surface area contributed by atoms with E-state index in [1.165, 1.54) is 6.07 Å². The molecule has 96 valence electrons. The Bertz CT molecular complexity index is 369. The molecule has 1 aromatic carbocycles. The van der Waals surface area contributed by atoms with Gasteiger partial charge in [-0.15, -0.1) is 0 Å². The average molecular weight is 307 g/mol. The lowest BCUT2D eigenvalue weighted by Gasteiger charge is -2.13. The van der Waals surface area contributed by atoms with Crippen molar-refractivity contribution in [1.29, 1.82) is 0 Å². The summed E-state index contributed by atoms with van der Waals surface area (Å²) in [4.78, 5) is 0. The first-order chi connectivity index (χ1) is 8.07. The Morgan fingerprint density at radius 2 is 1.94 bits per heavy atom. The van der Waals surface area contributed by atoms with Gasteiger partial charge in [-0.2, -0.15) is 0 Å². The standard InChI is InChI=1S/C13H17BrF2O/c1-2-3-4-5-6-11(17)9-7-8-10(15)13(16)12(9)14/h7-8,11,17H,2-6H2,1H3. The normalized spacial score (nSPS) is 12.8. The van der Waals surface area contributed by atoms with E-state index in [1.807, 2.05) is 0 Å². The molecule has 0 aliphatic carbocycles. The zero-order valence-corrected chi connectivity index (χ0v) is 11.4. The van der Waals surface area contributed by atoms with Gasteiger partial charge in [0.05, 0.1) is 10.6 Å². The van der Waals surface area contributed by atoms with Gasteiger partial charge >= 0.3 is 0 Å². The maximum atomic E-state index is 13.3. The number of benzene rings is 1. The molecule has 0 heterocycles. The highest BCUT2D eigenvalue weighted by Crippen LogP contribution is 2.30. The number of halogens is 3. The minimum atomic E-state index is -0.935. The number of aliphatic hydroxyl groups is 1. The number of hydrogen-bond acceptors (Lipinski definition) is 1. The molecule has 0 spiro atoms. The fourth-order valence-corrected chi connectivity index (χ4v) is 2.30. The molecule has 0 aliphatic heterocycles. The lowest BCUT2D eigenvalue weighted by Crippen LogP contribution is -2.01. The molecule has 17 heavy (non-hydrogen) atoms. The van der Waals surface area contributed by atoms with Gasteiger partial charge < -0.3 is 5.11 Å². The number of unbranched alkanes of at least 4 members (excludes halogenated alkanes) is 3. The summed E-state index contributed by atoms with van der Waals surface area (Å²) in [7, 11) is 0. The summed E-state index contributed by atoms with van der Waals surface area (Å²) >= 11 is 2.98. The van der Waals surface area contributed by atoms with E-state index in [2.05, 4.69) is 22.9 Å². The van der Waals surface area contributed by atoms with Crippen LogP contribution in [0.4, 0.5) is 8.78 Å². The lowest BCUT2D eigenvalue weighted by atomic mass is 10.0. The molecule has 0 saturated heterocycles. The van der Waals surface area contributed by atoms with E-state index in [1.54, 1.807) is 0 Å². The van der Waals surface area contributed by atoms with Gasteiger partial charge in [-0.1, -0.05) is 38.7 Å². The third-order valence-electron chi connectivity index (χ3n) is 2.76. The lowest BCUT2D eigenvalue weighted by molar-refractivity contribution is 0.162. The highest BCUT2D eigenvalue weighted by molar-refractivity contribution is 9.10. The van der Waals surface area contributed by atoms with Crippen molar-refractivity contribution in [3.63, 3.8) is 0 Å². The molecule has 0 radical (unpaired) electrons. The van der Waals surface area contributed by atoms with Crippen molar-refractivity contribution in [2.24, 2.45) is 0 Å². The summed E-state index contributed by atoms with van der Waals surface area (Å²) in [6, 6.07) is 2.47. The summed E-state index contributed by atoms with van der Waals surface area (Å²) in [5.41, 5.74) is 0.417. The third-order valence-corrected chi connectivity index (χ3v) is 3.56. The predicted molar refractivity (Wildman–Crippen MR) is 67.8 cm³/mol. The third kappa shape index (κ3) is 4.03. The number of rotatable bonds is 6. The van der Waals surface area contributed by atoms with Crippen LogP contribution in [0.2, 0.25) is 0 Å². The molecule has 0 bridgehead atoms. The second-order valence-corrected chi connectivity index (χ2v) is 4.92. The zero-order valence-electron chi connectivity index (χ0n) is 9.85. The minimum Gasteiger partial charge on any atom is -0.388 e. The van der Waals surface area contributed by atoms with Gasteiger partial charge in [0.15, 0.2) is 11.6 Å². The largest absolute Gasteiger partial charge is 0.388 e. The van der Waals surface area contributed by atoms with Crippen molar-refractivity contribution in [2.45, 2.75) is 45.1 Å². The Morgan fingerprint density at radius 1 is 1.24 bits per heavy atom. The van der Waals surface area contributed by atoms with Crippen LogP contribution >= 0.6 is 15.9 Å². The second kappa shape index (κ2) is 7.07. The summed E-state index contributed by atoms with van der Waals surface area (Å²) < 4.78 is 26.2. The molecule has 1 rings (SSSR count). The number of aliphatic hydroxyl groups excluding tert-OH is 1. The van der Waals surface area contributed by atoms with Crippen LogP contribution in [0.5, 0.6) is 0 Å². The van der Waals surface area contributed by atoms with Crippen LogP contribution in [-0.2, 0) is 0 Å². The molecule has 0 aromatic heterocycles. The van der Waals surface area contributed by atoms with Crippen molar-refractivity contribution in [2.75, 3.05) is 0 Å². The fraction of sp³-hybridized carbons (Fsp3) is 0.538. The maximum absolute atomic E-state index is 13.3. The second-order valence-electron chi connectivity index (χ2n) is 4.13. The van der Waals surface area contributed by atoms with Crippen molar-refractivity contribution >= 4 is 15.9 Å². The highest BCUT2D eigenvalue weighted by Gasteiger charge is 2.16. The van der Waals surface area contributed by atoms with Gasteiger partial charge in [0.2, 0.25) is 0 Å². The monoisotopic (exact) mass is 306 g/mol. The Hall–Kier alpha value is -0.480. The first-order valence-electron chi connectivity index (χ1n) is 5.89. The van der Waals surface area contributed by atoms with E-state index in [0.29, 0.717) is 12.0 Å². The van der Waals surface area contributed by atoms with Crippen molar-refractivity contribution in [3.8, 4) is 0 Å². The van der Waals surface area contributed by atoms with Crippen molar-refractivity contribution in [1.82, 2.24) is 0 Å². The van der Waals surface area contributed by atoms with E-state index in [9.17, 15) is 13.9 Å². The molecular formula is C13H17BrF2O. The summed E-state index contributed by atoms with van der Waals surface area (Å²) in [5, 5.41) is 9.90. The molecule has 0 fully saturated rings. The SMILES string of the molecule is CCCCCCC(O)c1ccc(F)c(F)c1Br. The van der Waals surface area contributed by atoms with E-state index in [0.717, 1.165) is 31.7 Å². The van der Waals surface area contributed by atoms with E-state index < -0.39 is 17.7 Å². The van der Waals surface area contributed by atoms with Crippen LogP contribution in [0, 0.1) is 11.6 Å². The molecule has 1 unspecified atom stereocenters. The van der Waals surface area contributed by atoms with Gasteiger partial charge in [-0.3, -0.25) is 0 Å². The first-order valence-corrected chi connectivity index (χ1v) is 6.68. The Balaban J connectivity index is 2.63. The van der Waals surface area contributed by atoms with Crippen LogP contribution in [0.3, 0.4) is 0 Å². The van der Waals surface area contributed by atoms with Gasteiger partial charge in [-0.05, 0) is 34.0 Å². The van der Waals surface area contributed by atoms with Crippen LogP contribution < -0.4 is 0 Å². The Labute approximate surface area is 109 Å². The molecule has 1 nitrogen and oxygen atoms in total. The first kappa shape index (κ1) is 14.6. The zero-order chi connectivity index (χ0) is 12.8. The molecule has 1 N–H and O–H groups in total. The Kier molecular flexibility index (Phi) is 6.06. The minimum absolute atomic E-state index is 0.0282. The van der Waals surface area contributed by atoms with Crippen LogP contribution in [0.1, 0.15) is 50.7 Å². The molecule has 1 aromatic rings. The molecular weight excluding hydrogens is 290 g/mol. The highest BCUT2D eigenvalue weighted by atomic mass is 79.9. The fourth-order valence-electron chi connectivity index (χ4n) is 1.72. The molecule has 4 heteroatoms. The van der Waals surface area contributed by atoms with Gasteiger partial charge in [0.1, 0.15) is 0 Å². The molecule has 0 saturated carbocycles. The van der Waals surface area contributed by atoms with Crippen molar-refractivity contribution < 1.29 is 13.9 Å². The van der Waals surface area contributed by atoms with Crippen LogP contribution in [-0.4, -0.2) is 5.11 Å². The van der Waals surface area contributed by atoms with Crippen LogP contribution in [0.15, 0.2) is 16.6 Å². The predicted octanol–water partition coefficient (Wildman–Crippen LogP) is 4.73. The number of hydrogen-bond donors (Lipinski definition) is 1.